The minimum Gasteiger partial charge on any atom is -0.370 e. The van der Waals surface area contributed by atoms with E-state index < -0.39 is 0 Å². The number of rotatable bonds is 6. The largest absolute Gasteiger partial charge is 0.370 e. The number of carbonyl (C=O) groups excluding carboxylic acids is 1. The van der Waals surface area contributed by atoms with Gasteiger partial charge in [-0.2, -0.15) is 0 Å². The number of hydrogen-bond acceptors (Lipinski definition) is 4. The van der Waals surface area contributed by atoms with Crippen molar-refractivity contribution in [1.82, 2.24) is 10.3 Å². The van der Waals surface area contributed by atoms with E-state index in [-0.39, 0.29) is 5.91 Å². The average molecular weight is 389 g/mol. The van der Waals surface area contributed by atoms with E-state index in [9.17, 15) is 4.79 Å². The van der Waals surface area contributed by atoms with Crippen molar-refractivity contribution in [3.05, 3.63) is 43.6 Å². The highest BCUT2D eigenvalue weighted by Gasteiger charge is 2.12. The molecule has 0 fully saturated rings. The van der Waals surface area contributed by atoms with E-state index in [0.717, 1.165) is 21.6 Å². The molecule has 0 saturated carbocycles. The zero-order valence-electron chi connectivity index (χ0n) is 11.5. The number of carbonyl (C=O) groups is 1. The molecule has 0 saturated heterocycles. The molecule has 21 heavy (non-hydrogen) atoms. The molecule has 4 nitrogen and oxygen atoms in total. The van der Waals surface area contributed by atoms with Crippen LogP contribution in [0.2, 0.25) is 5.02 Å². The number of halogens is 2. The zero-order valence-corrected chi connectivity index (χ0v) is 14.6. The van der Waals surface area contributed by atoms with Gasteiger partial charge in [0.25, 0.3) is 5.91 Å². The van der Waals surface area contributed by atoms with Crippen molar-refractivity contribution >= 4 is 50.6 Å². The minimum absolute atomic E-state index is 0.202. The number of hydrogen-bond donors (Lipinski definition) is 2. The molecule has 0 bridgehead atoms. The summed E-state index contributed by atoms with van der Waals surface area (Å²) in [5.41, 5.74) is 0.431. The molecule has 2 aromatic heterocycles. The van der Waals surface area contributed by atoms with Crippen LogP contribution in [0, 0.1) is 0 Å². The molecule has 2 rings (SSSR count). The predicted octanol–water partition coefficient (Wildman–Crippen LogP) is 4.31. The highest BCUT2D eigenvalue weighted by atomic mass is 79.9. The molecule has 0 spiro atoms. The van der Waals surface area contributed by atoms with Gasteiger partial charge in [-0.1, -0.05) is 18.5 Å². The quantitative estimate of drug-likeness (QED) is 0.775. The molecule has 1 amide bonds. The Morgan fingerprint density at radius 1 is 1.48 bits per heavy atom. The molecule has 2 heterocycles. The van der Waals surface area contributed by atoms with Gasteiger partial charge in [-0.25, -0.2) is 4.98 Å². The highest BCUT2D eigenvalue weighted by Crippen LogP contribution is 2.22. The highest BCUT2D eigenvalue weighted by molar-refractivity contribution is 9.11. The molecular weight excluding hydrogens is 374 g/mol. The minimum atomic E-state index is -0.202. The second-order valence-corrected chi connectivity index (χ2v) is 7.32. The van der Waals surface area contributed by atoms with Crippen molar-refractivity contribution in [3.63, 3.8) is 0 Å². The van der Waals surface area contributed by atoms with Gasteiger partial charge in [-0.3, -0.25) is 4.79 Å². The van der Waals surface area contributed by atoms with Gasteiger partial charge in [-0.05, 0) is 40.5 Å². The van der Waals surface area contributed by atoms with Crippen LogP contribution in [0.1, 0.15) is 28.6 Å². The van der Waals surface area contributed by atoms with E-state index in [1.165, 1.54) is 6.20 Å². The van der Waals surface area contributed by atoms with Gasteiger partial charge in [0.05, 0.1) is 20.9 Å². The van der Waals surface area contributed by atoms with E-state index in [1.54, 1.807) is 17.4 Å². The summed E-state index contributed by atoms with van der Waals surface area (Å²) in [6, 6.07) is 5.60. The van der Waals surface area contributed by atoms with E-state index in [4.69, 9.17) is 11.6 Å². The van der Waals surface area contributed by atoms with Crippen LogP contribution >= 0.6 is 38.9 Å². The normalized spacial score (nSPS) is 10.4. The van der Waals surface area contributed by atoms with Crippen LogP contribution in [0.15, 0.2) is 28.2 Å². The van der Waals surface area contributed by atoms with Crippen LogP contribution < -0.4 is 10.6 Å². The molecule has 0 aromatic carbocycles. The average Bonchev–Trinajstić information content (AvgIpc) is 2.89. The molecule has 0 unspecified atom stereocenters. The Kier molecular flexibility index (Phi) is 6.02. The summed E-state index contributed by atoms with van der Waals surface area (Å²) in [5.74, 6) is 0.455. The summed E-state index contributed by atoms with van der Waals surface area (Å²) in [6.07, 6.45) is 2.48. The molecule has 0 radical (unpaired) electrons. The summed E-state index contributed by atoms with van der Waals surface area (Å²) in [5, 5.41) is 6.35. The number of thiophene rings is 1. The maximum atomic E-state index is 12.2. The van der Waals surface area contributed by atoms with Crippen LogP contribution in [0.3, 0.4) is 0 Å². The number of nitrogens with one attached hydrogen (secondary N) is 2. The first-order valence-electron chi connectivity index (χ1n) is 6.52. The van der Waals surface area contributed by atoms with Crippen LogP contribution in [-0.2, 0) is 6.54 Å². The summed E-state index contributed by atoms with van der Waals surface area (Å²) in [4.78, 5) is 17.4. The summed E-state index contributed by atoms with van der Waals surface area (Å²) < 4.78 is 1.04. The Labute approximate surface area is 141 Å². The van der Waals surface area contributed by atoms with Crippen LogP contribution in [-0.4, -0.2) is 17.4 Å². The topological polar surface area (TPSA) is 54.0 Å². The van der Waals surface area contributed by atoms with Crippen molar-refractivity contribution in [1.29, 1.82) is 0 Å². The standard InChI is InChI=1S/C14H15BrClN3OS/c1-2-5-17-13-6-10(11(16)8-18-13)14(20)19-7-9-3-4-12(15)21-9/h3-4,6,8H,2,5,7H2,1H3,(H,17,18)(H,19,20). The number of pyridine rings is 1. The van der Waals surface area contributed by atoms with Crippen LogP contribution in [0.25, 0.3) is 0 Å². The van der Waals surface area contributed by atoms with Crippen LogP contribution in [0.4, 0.5) is 5.82 Å². The molecule has 2 N–H and O–H groups in total. The van der Waals surface area contributed by atoms with E-state index >= 15 is 0 Å². The second kappa shape index (κ2) is 7.77. The molecular formula is C14H15BrClN3OS. The van der Waals surface area contributed by atoms with Gasteiger partial charge in [0.15, 0.2) is 0 Å². The fourth-order valence-corrected chi connectivity index (χ4v) is 3.28. The summed E-state index contributed by atoms with van der Waals surface area (Å²) in [7, 11) is 0. The molecule has 112 valence electrons. The van der Waals surface area contributed by atoms with Gasteiger partial charge in [0.2, 0.25) is 0 Å². The third kappa shape index (κ3) is 4.69. The Balaban J connectivity index is 2.03. The summed E-state index contributed by atoms with van der Waals surface area (Å²) in [6.45, 7) is 3.35. The Hall–Kier alpha value is -1.11. The van der Waals surface area contributed by atoms with Crippen LogP contribution in [0.5, 0.6) is 0 Å². The molecule has 2 aromatic rings. The van der Waals surface area contributed by atoms with Crippen molar-refractivity contribution in [2.75, 3.05) is 11.9 Å². The van der Waals surface area contributed by atoms with Crippen molar-refractivity contribution in [2.24, 2.45) is 0 Å². The van der Waals surface area contributed by atoms with Gasteiger partial charge in [0.1, 0.15) is 5.82 Å². The van der Waals surface area contributed by atoms with Crippen molar-refractivity contribution < 1.29 is 4.79 Å². The van der Waals surface area contributed by atoms with Gasteiger partial charge < -0.3 is 10.6 Å². The Bertz CT molecular complexity index is 632. The van der Waals surface area contributed by atoms with E-state index in [2.05, 4.69) is 38.5 Å². The summed E-state index contributed by atoms with van der Waals surface area (Å²) >= 11 is 11.0. The second-order valence-electron chi connectivity index (χ2n) is 4.36. The number of anilines is 1. The van der Waals surface area contributed by atoms with Crippen molar-refractivity contribution in [2.45, 2.75) is 19.9 Å². The van der Waals surface area contributed by atoms with Gasteiger partial charge in [0, 0.05) is 17.6 Å². The third-order valence-corrected chi connectivity index (χ3v) is 4.63. The van der Waals surface area contributed by atoms with E-state index in [0.29, 0.717) is 22.9 Å². The van der Waals surface area contributed by atoms with Gasteiger partial charge >= 0.3 is 0 Å². The molecule has 0 aliphatic heterocycles. The Morgan fingerprint density at radius 3 is 2.95 bits per heavy atom. The lowest BCUT2D eigenvalue weighted by Gasteiger charge is -2.09. The number of nitrogens with zero attached hydrogens (tertiary/aromatic N) is 1. The zero-order chi connectivity index (χ0) is 15.2. The SMILES string of the molecule is CCCNc1cc(C(=O)NCc2ccc(Br)s2)c(Cl)cn1. The maximum absolute atomic E-state index is 12.2. The first-order valence-corrected chi connectivity index (χ1v) is 8.50. The third-order valence-electron chi connectivity index (χ3n) is 2.71. The monoisotopic (exact) mass is 387 g/mol. The first kappa shape index (κ1) is 16.3. The molecule has 0 aliphatic rings. The fraction of sp³-hybridized carbons (Fsp3) is 0.286. The molecule has 0 aliphatic carbocycles. The lowest BCUT2D eigenvalue weighted by atomic mass is 10.2. The molecule has 0 atom stereocenters. The van der Waals surface area contributed by atoms with E-state index in [1.807, 2.05) is 12.1 Å². The number of aromatic nitrogens is 1. The maximum Gasteiger partial charge on any atom is 0.253 e. The molecule has 7 heteroatoms. The fourth-order valence-electron chi connectivity index (χ4n) is 1.67. The van der Waals surface area contributed by atoms with Gasteiger partial charge in [-0.15, -0.1) is 11.3 Å². The smallest absolute Gasteiger partial charge is 0.253 e. The first-order chi connectivity index (χ1) is 10.1. The van der Waals surface area contributed by atoms with Crippen molar-refractivity contribution in [3.8, 4) is 0 Å². The lowest BCUT2D eigenvalue weighted by molar-refractivity contribution is 0.0951. The Morgan fingerprint density at radius 2 is 2.29 bits per heavy atom. The number of amides is 1. The predicted molar refractivity (Wildman–Crippen MR) is 91.2 cm³/mol. The lowest BCUT2D eigenvalue weighted by Crippen LogP contribution is -2.23.